The van der Waals surface area contributed by atoms with Crippen molar-refractivity contribution < 1.29 is 0 Å². The predicted octanol–water partition coefficient (Wildman–Crippen LogP) is 3.95. The topological polar surface area (TPSA) is 57.6 Å². The Labute approximate surface area is 164 Å². The first-order valence-electron chi connectivity index (χ1n) is 9.84. The van der Waals surface area contributed by atoms with Gasteiger partial charge in [-0.1, -0.05) is 26.8 Å². The highest BCUT2D eigenvalue weighted by atomic mass is 16.1. The Balaban J connectivity index is 1.74. The van der Waals surface area contributed by atoms with Crippen LogP contribution >= 0.6 is 0 Å². The molecule has 1 aliphatic rings. The molecule has 0 radical (unpaired) electrons. The number of rotatable bonds is 5. The fourth-order valence-electron chi connectivity index (χ4n) is 3.63. The average Bonchev–Trinajstić information content (AvgIpc) is 3.32. The number of hydrogen-bond donors (Lipinski definition) is 0. The van der Waals surface area contributed by atoms with Crippen LogP contribution in [0.3, 0.4) is 0 Å². The summed E-state index contributed by atoms with van der Waals surface area (Å²) in [6.07, 6.45) is 12.0. The molecule has 3 heterocycles. The van der Waals surface area contributed by atoms with Crippen LogP contribution in [0.4, 0.5) is 0 Å². The Kier molecular flexibility index (Phi) is 4.57. The van der Waals surface area contributed by atoms with Crippen LogP contribution in [0.25, 0.3) is 16.9 Å². The van der Waals surface area contributed by atoms with Crippen molar-refractivity contribution in [2.24, 2.45) is 12.5 Å². The minimum absolute atomic E-state index is 0.00233. The molecule has 28 heavy (non-hydrogen) atoms. The van der Waals surface area contributed by atoms with Crippen molar-refractivity contribution in [3.8, 4) is 0 Å². The molecule has 146 valence electrons. The van der Waals surface area contributed by atoms with Crippen molar-refractivity contribution in [1.29, 1.82) is 0 Å². The second-order valence-corrected chi connectivity index (χ2v) is 8.31. The average molecular weight is 377 g/mol. The summed E-state index contributed by atoms with van der Waals surface area (Å²) in [5, 5.41) is 4.32. The molecular formula is C22H27N5O. The summed E-state index contributed by atoms with van der Waals surface area (Å²) in [5.74, 6) is 0.166. The van der Waals surface area contributed by atoms with Crippen LogP contribution in [0.1, 0.15) is 45.2 Å². The highest BCUT2D eigenvalue weighted by molar-refractivity contribution is 5.72. The molecule has 0 fully saturated rings. The Hall–Kier alpha value is -2.89. The largest absolute Gasteiger partial charge is 0.330 e. The number of hydrogen-bond acceptors (Lipinski definition) is 3. The lowest BCUT2D eigenvalue weighted by molar-refractivity contribution is 0.293. The molecule has 1 aliphatic carbocycles. The minimum atomic E-state index is -0.00233. The van der Waals surface area contributed by atoms with E-state index in [1.165, 1.54) is 0 Å². The van der Waals surface area contributed by atoms with Crippen molar-refractivity contribution in [2.45, 2.75) is 46.1 Å². The third kappa shape index (κ3) is 3.23. The van der Waals surface area contributed by atoms with Gasteiger partial charge in [-0.2, -0.15) is 5.10 Å². The Morgan fingerprint density at radius 1 is 1.29 bits per heavy atom. The summed E-state index contributed by atoms with van der Waals surface area (Å²) >= 11 is 0. The molecule has 1 unspecified atom stereocenters. The fourth-order valence-corrected chi connectivity index (χ4v) is 3.63. The zero-order chi connectivity index (χ0) is 19.9. The maximum atomic E-state index is 12.8. The molecule has 0 aromatic carbocycles. The van der Waals surface area contributed by atoms with Crippen LogP contribution in [0.15, 0.2) is 53.6 Å². The summed E-state index contributed by atoms with van der Waals surface area (Å²) < 4.78 is 5.39. The molecule has 0 saturated heterocycles. The zero-order valence-corrected chi connectivity index (χ0v) is 17.0. The van der Waals surface area contributed by atoms with Crippen molar-refractivity contribution in [1.82, 2.24) is 23.9 Å². The Morgan fingerprint density at radius 2 is 2.11 bits per heavy atom. The van der Waals surface area contributed by atoms with E-state index in [0.717, 1.165) is 35.4 Å². The fraction of sp³-hybridized carbons (Fsp3) is 0.409. The lowest BCUT2D eigenvalue weighted by Crippen LogP contribution is -2.28. The van der Waals surface area contributed by atoms with E-state index in [9.17, 15) is 4.79 Å². The van der Waals surface area contributed by atoms with E-state index >= 15 is 0 Å². The van der Waals surface area contributed by atoms with Gasteiger partial charge >= 0.3 is 5.69 Å². The third-order valence-corrected chi connectivity index (χ3v) is 5.75. The molecule has 6 nitrogen and oxygen atoms in total. The lowest BCUT2D eigenvalue weighted by atomic mass is 9.90. The molecular weight excluding hydrogens is 350 g/mol. The number of pyridine rings is 1. The van der Waals surface area contributed by atoms with Gasteiger partial charge in [0.05, 0.1) is 16.9 Å². The van der Waals surface area contributed by atoms with Crippen LogP contribution in [0.2, 0.25) is 0 Å². The van der Waals surface area contributed by atoms with Gasteiger partial charge in [0.25, 0.3) is 0 Å². The van der Waals surface area contributed by atoms with Crippen LogP contribution < -0.4 is 5.69 Å². The van der Waals surface area contributed by atoms with Crippen molar-refractivity contribution >= 4 is 16.9 Å². The van der Waals surface area contributed by atoms with Gasteiger partial charge in [0.1, 0.15) is 0 Å². The lowest BCUT2D eigenvalue weighted by Gasteiger charge is -2.23. The van der Waals surface area contributed by atoms with Crippen LogP contribution in [-0.2, 0) is 13.6 Å². The molecule has 1 atom stereocenters. The van der Waals surface area contributed by atoms with Gasteiger partial charge in [-0.25, -0.2) is 14.5 Å². The number of fused-ring (bicyclic) bond motifs is 1. The molecule has 0 bridgehead atoms. The molecule has 3 aromatic rings. The van der Waals surface area contributed by atoms with E-state index in [2.05, 4.69) is 50.2 Å². The van der Waals surface area contributed by atoms with E-state index in [0.29, 0.717) is 6.54 Å². The zero-order valence-electron chi connectivity index (χ0n) is 17.0. The smallest absolute Gasteiger partial charge is 0.290 e. The first-order valence-corrected chi connectivity index (χ1v) is 9.84. The summed E-state index contributed by atoms with van der Waals surface area (Å²) in [7, 11) is 1.81. The SMILES string of the molecule is CCC(C)(C)Cn1c(=O)n(C)c2nc(C3C=C(n4cccn4)C=CC3)ccc21. The second kappa shape index (κ2) is 6.93. The first-order chi connectivity index (χ1) is 13.4. The van der Waals surface area contributed by atoms with Gasteiger partial charge < -0.3 is 0 Å². The Bertz CT molecular complexity index is 1110. The number of aryl methyl sites for hydroxylation is 1. The van der Waals surface area contributed by atoms with Crippen LogP contribution in [0, 0.1) is 5.41 Å². The number of allylic oxidation sites excluding steroid dienone is 4. The van der Waals surface area contributed by atoms with Crippen molar-refractivity contribution in [3.05, 3.63) is 65.0 Å². The van der Waals surface area contributed by atoms with Gasteiger partial charge in [-0.05, 0) is 48.6 Å². The number of aromatic nitrogens is 5. The number of imidazole rings is 1. The standard InChI is InChI=1S/C22H27N5O/c1-5-22(2,3)15-26-19-11-10-18(24-20(19)25(4)21(26)28)16-8-6-9-17(14-16)27-13-7-12-23-27/h6-7,9-14,16H,5,8,15H2,1-4H3. The third-order valence-electron chi connectivity index (χ3n) is 5.75. The minimum Gasteiger partial charge on any atom is -0.290 e. The van der Waals surface area contributed by atoms with Crippen LogP contribution in [-0.4, -0.2) is 23.9 Å². The molecule has 3 aromatic heterocycles. The number of nitrogens with zero attached hydrogens (tertiary/aromatic N) is 5. The molecule has 6 heteroatoms. The summed E-state index contributed by atoms with van der Waals surface area (Å²) in [6.45, 7) is 7.23. The van der Waals surface area contributed by atoms with Gasteiger partial charge in [0.15, 0.2) is 5.65 Å². The first kappa shape index (κ1) is 18.5. The van der Waals surface area contributed by atoms with Gasteiger partial charge in [-0.3, -0.25) is 9.13 Å². The molecule has 0 N–H and O–H groups in total. The normalized spacial score (nSPS) is 17.3. The molecule has 0 saturated carbocycles. The van der Waals surface area contributed by atoms with Gasteiger partial charge in [0, 0.05) is 31.9 Å². The quantitative estimate of drug-likeness (QED) is 0.676. The van der Waals surface area contributed by atoms with Crippen LogP contribution in [0.5, 0.6) is 0 Å². The summed E-state index contributed by atoms with van der Waals surface area (Å²) in [5.41, 5.74) is 3.73. The molecule has 4 rings (SSSR count). The van der Waals surface area contributed by atoms with E-state index in [4.69, 9.17) is 4.98 Å². The molecule has 0 spiro atoms. The summed E-state index contributed by atoms with van der Waals surface area (Å²) in [4.78, 5) is 17.7. The van der Waals surface area contributed by atoms with E-state index in [1.807, 2.05) is 34.6 Å². The molecule has 0 aliphatic heterocycles. The monoisotopic (exact) mass is 377 g/mol. The summed E-state index contributed by atoms with van der Waals surface area (Å²) in [6, 6.07) is 6.02. The predicted molar refractivity (Wildman–Crippen MR) is 112 cm³/mol. The van der Waals surface area contributed by atoms with E-state index in [1.54, 1.807) is 10.8 Å². The van der Waals surface area contributed by atoms with Crippen molar-refractivity contribution in [3.63, 3.8) is 0 Å². The Morgan fingerprint density at radius 3 is 2.82 bits per heavy atom. The highest BCUT2D eigenvalue weighted by Crippen LogP contribution is 2.29. The van der Waals surface area contributed by atoms with Gasteiger partial charge in [0.2, 0.25) is 0 Å². The van der Waals surface area contributed by atoms with Crippen molar-refractivity contribution in [2.75, 3.05) is 0 Å². The van der Waals surface area contributed by atoms with E-state index < -0.39 is 0 Å². The van der Waals surface area contributed by atoms with E-state index in [-0.39, 0.29) is 17.0 Å². The maximum absolute atomic E-state index is 12.8. The molecule has 0 amide bonds. The highest BCUT2D eigenvalue weighted by Gasteiger charge is 2.22. The van der Waals surface area contributed by atoms with Gasteiger partial charge in [-0.15, -0.1) is 0 Å². The second-order valence-electron chi connectivity index (χ2n) is 8.31. The maximum Gasteiger partial charge on any atom is 0.330 e.